The number of nitrogens with one attached hydrogen (secondary N) is 1. The van der Waals surface area contributed by atoms with Gasteiger partial charge in [0.15, 0.2) is 5.69 Å². The summed E-state index contributed by atoms with van der Waals surface area (Å²) in [7, 11) is 0. The lowest BCUT2D eigenvalue weighted by Crippen LogP contribution is -2.05. The quantitative estimate of drug-likeness (QED) is 0.688. The van der Waals surface area contributed by atoms with Crippen molar-refractivity contribution in [2.45, 2.75) is 19.4 Å². The van der Waals surface area contributed by atoms with Crippen molar-refractivity contribution in [3.8, 4) is 11.5 Å². The van der Waals surface area contributed by atoms with Crippen LogP contribution in [0.2, 0.25) is 0 Å². The normalized spacial score (nSPS) is 10.5. The van der Waals surface area contributed by atoms with Crippen LogP contribution in [0.3, 0.4) is 0 Å². The minimum atomic E-state index is -0.837. The Morgan fingerprint density at radius 2 is 2.44 bits per heavy atom. The average Bonchev–Trinajstić information content (AvgIpc) is 2.84. The summed E-state index contributed by atoms with van der Waals surface area (Å²) in [6.07, 6.45) is 2.04. The van der Waals surface area contributed by atoms with E-state index in [1.807, 2.05) is 0 Å². The second kappa shape index (κ2) is 4.47. The molecule has 0 unspecified atom stereocenters. The Bertz CT molecular complexity index is 463. The topological polar surface area (TPSA) is 122 Å². The Kier molecular flexibility index (Phi) is 2.85. The van der Waals surface area contributed by atoms with Gasteiger partial charge in [0.05, 0.1) is 6.20 Å². The predicted octanol–water partition coefficient (Wildman–Crippen LogP) is -0.677. The molecule has 0 aliphatic carbocycles. The zero-order valence-electron chi connectivity index (χ0n) is 8.24. The molecule has 0 aromatic carbocycles. The number of rotatable bonds is 5. The maximum absolute atomic E-state index is 10.4. The third kappa shape index (κ3) is 2.19. The first-order valence-corrected chi connectivity index (χ1v) is 4.61. The number of carboxylic acids is 1. The van der Waals surface area contributed by atoms with Crippen LogP contribution in [0, 0.1) is 0 Å². The van der Waals surface area contributed by atoms with E-state index < -0.39 is 5.97 Å². The second-order valence-electron chi connectivity index (χ2n) is 3.08. The largest absolute Gasteiger partial charge is 0.481 e. The molecule has 0 saturated carbocycles. The highest BCUT2D eigenvalue weighted by molar-refractivity contribution is 5.66. The van der Waals surface area contributed by atoms with Crippen molar-refractivity contribution in [3.05, 3.63) is 6.20 Å². The van der Waals surface area contributed by atoms with Gasteiger partial charge in [-0.2, -0.15) is 15.4 Å². The minimum Gasteiger partial charge on any atom is -0.481 e. The molecule has 84 valence electrons. The van der Waals surface area contributed by atoms with E-state index >= 15 is 0 Å². The van der Waals surface area contributed by atoms with E-state index in [2.05, 4.69) is 30.9 Å². The molecule has 2 N–H and O–H groups in total. The number of hydrogen-bond donors (Lipinski definition) is 2. The first-order valence-electron chi connectivity index (χ1n) is 4.61. The fraction of sp³-hybridized carbons (Fsp3) is 0.429. The Morgan fingerprint density at radius 1 is 1.56 bits per heavy atom. The average molecular weight is 223 g/mol. The van der Waals surface area contributed by atoms with Gasteiger partial charge in [0.25, 0.3) is 0 Å². The monoisotopic (exact) mass is 223 g/mol. The van der Waals surface area contributed by atoms with Crippen LogP contribution in [0.25, 0.3) is 11.5 Å². The zero-order valence-corrected chi connectivity index (χ0v) is 8.24. The summed E-state index contributed by atoms with van der Waals surface area (Å²) in [6, 6.07) is 0. The van der Waals surface area contributed by atoms with Gasteiger partial charge in [-0.3, -0.25) is 4.79 Å². The number of aromatic amines is 1. The lowest BCUT2D eigenvalue weighted by Gasteiger charge is -1.99. The second-order valence-corrected chi connectivity index (χ2v) is 3.08. The maximum atomic E-state index is 10.4. The molecule has 0 spiro atoms. The van der Waals surface area contributed by atoms with Crippen LogP contribution in [0.4, 0.5) is 0 Å². The van der Waals surface area contributed by atoms with Gasteiger partial charge >= 0.3 is 5.97 Å². The van der Waals surface area contributed by atoms with Crippen molar-refractivity contribution in [1.82, 2.24) is 35.6 Å². The van der Waals surface area contributed by atoms with Crippen LogP contribution in [0.5, 0.6) is 0 Å². The molecule has 0 aliphatic rings. The van der Waals surface area contributed by atoms with E-state index in [1.165, 1.54) is 10.9 Å². The highest BCUT2D eigenvalue weighted by Crippen LogP contribution is 2.10. The van der Waals surface area contributed by atoms with Gasteiger partial charge in [0.1, 0.15) is 0 Å². The van der Waals surface area contributed by atoms with Crippen molar-refractivity contribution in [2.24, 2.45) is 0 Å². The van der Waals surface area contributed by atoms with Crippen molar-refractivity contribution < 1.29 is 9.90 Å². The van der Waals surface area contributed by atoms with Gasteiger partial charge in [-0.05, 0) is 16.8 Å². The van der Waals surface area contributed by atoms with Crippen LogP contribution in [0.1, 0.15) is 12.8 Å². The van der Waals surface area contributed by atoms with Gasteiger partial charge in [-0.15, -0.1) is 5.10 Å². The SMILES string of the molecule is O=C(O)CCCn1nnnc1-c1cn[nH]n1. The summed E-state index contributed by atoms with van der Waals surface area (Å²) < 4.78 is 1.50. The summed E-state index contributed by atoms with van der Waals surface area (Å²) in [5.41, 5.74) is 0.528. The highest BCUT2D eigenvalue weighted by atomic mass is 16.4. The van der Waals surface area contributed by atoms with E-state index in [1.54, 1.807) is 0 Å². The number of aromatic nitrogens is 7. The van der Waals surface area contributed by atoms with Crippen LogP contribution >= 0.6 is 0 Å². The zero-order chi connectivity index (χ0) is 11.4. The third-order valence-corrected chi connectivity index (χ3v) is 1.94. The molecule has 2 heterocycles. The molecule has 0 fully saturated rings. The van der Waals surface area contributed by atoms with E-state index in [-0.39, 0.29) is 6.42 Å². The molecule has 9 heteroatoms. The van der Waals surface area contributed by atoms with Crippen LogP contribution in [-0.2, 0) is 11.3 Å². The van der Waals surface area contributed by atoms with Crippen LogP contribution < -0.4 is 0 Å². The lowest BCUT2D eigenvalue weighted by molar-refractivity contribution is -0.137. The molecule has 0 radical (unpaired) electrons. The number of carboxylic acid groups (broad SMARTS) is 1. The van der Waals surface area contributed by atoms with E-state index in [0.29, 0.717) is 24.5 Å². The molecule has 0 aliphatic heterocycles. The number of aryl methyl sites for hydroxylation is 1. The van der Waals surface area contributed by atoms with Crippen molar-refractivity contribution >= 4 is 5.97 Å². The first kappa shape index (κ1) is 10.2. The van der Waals surface area contributed by atoms with Crippen molar-refractivity contribution in [1.29, 1.82) is 0 Å². The molecule has 9 nitrogen and oxygen atoms in total. The summed E-state index contributed by atoms with van der Waals surface area (Å²) >= 11 is 0. The van der Waals surface area contributed by atoms with Gasteiger partial charge in [-0.1, -0.05) is 0 Å². The Balaban J connectivity index is 2.05. The molecule has 2 aromatic heterocycles. The Hall–Kier alpha value is -2.32. The van der Waals surface area contributed by atoms with E-state index in [0.717, 1.165) is 0 Å². The minimum absolute atomic E-state index is 0.0815. The van der Waals surface area contributed by atoms with E-state index in [9.17, 15) is 4.79 Å². The summed E-state index contributed by atoms with van der Waals surface area (Å²) in [6.45, 7) is 0.432. The standard InChI is InChI=1S/C7H9N7O2/c15-6(16)2-1-3-14-7(10-12-13-14)5-4-8-11-9-5/h4H,1-3H2,(H,15,16)(H,8,9,11). The molecule has 2 aromatic rings. The van der Waals surface area contributed by atoms with Crippen molar-refractivity contribution in [3.63, 3.8) is 0 Å². The number of aliphatic carboxylic acids is 1. The van der Waals surface area contributed by atoms with Gasteiger partial charge in [-0.25, -0.2) is 4.68 Å². The summed E-state index contributed by atoms with van der Waals surface area (Å²) in [5, 5.41) is 29.5. The Labute approximate surface area is 89.5 Å². The van der Waals surface area contributed by atoms with E-state index in [4.69, 9.17) is 5.11 Å². The molecule has 0 atom stereocenters. The molecule has 0 amide bonds. The number of nitrogens with zero attached hydrogens (tertiary/aromatic N) is 6. The third-order valence-electron chi connectivity index (χ3n) is 1.94. The van der Waals surface area contributed by atoms with Crippen LogP contribution in [-0.4, -0.2) is 46.7 Å². The fourth-order valence-electron chi connectivity index (χ4n) is 1.23. The molecule has 0 saturated heterocycles. The van der Waals surface area contributed by atoms with Gasteiger partial charge in [0, 0.05) is 13.0 Å². The predicted molar refractivity (Wildman–Crippen MR) is 50.1 cm³/mol. The molecule has 16 heavy (non-hydrogen) atoms. The fourth-order valence-corrected chi connectivity index (χ4v) is 1.23. The Morgan fingerprint density at radius 3 is 3.12 bits per heavy atom. The number of H-pyrrole nitrogens is 1. The van der Waals surface area contributed by atoms with Crippen LogP contribution in [0.15, 0.2) is 6.20 Å². The highest BCUT2D eigenvalue weighted by Gasteiger charge is 2.11. The molecular weight excluding hydrogens is 214 g/mol. The molecule has 0 bridgehead atoms. The summed E-state index contributed by atoms with van der Waals surface area (Å²) in [5.74, 6) is -0.366. The van der Waals surface area contributed by atoms with Gasteiger partial charge in [0.2, 0.25) is 5.82 Å². The lowest BCUT2D eigenvalue weighted by atomic mass is 10.3. The number of tetrazole rings is 1. The first-order chi connectivity index (χ1) is 7.77. The number of hydrogen-bond acceptors (Lipinski definition) is 6. The van der Waals surface area contributed by atoms with Gasteiger partial charge < -0.3 is 5.11 Å². The smallest absolute Gasteiger partial charge is 0.303 e. The molecule has 2 rings (SSSR count). The summed E-state index contributed by atoms with van der Waals surface area (Å²) in [4.78, 5) is 10.4. The molecular formula is C7H9N7O2. The van der Waals surface area contributed by atoms with Crippen molar-refractivity contribution in [2.75, 3.05) is 0 Å². The number of carbonyl (C=O) groups is 1. The maximum Gasteiger partial charge on any atom is 0.303 e.